The molecule has 1 amide bonds. The van der Waals surface area contributed by atoms with E-state index in [1.54, 1.807) is 6.92 Å². The molecule has 0 saturated carbocycles. The highest BCUT2D eigenvalue weighted by Gasteiger charge is 2.11. The molecule has 0 saturated heterocycles. The van der Waals surface area contributed by atoms with E-state index in [4.69, 9.17) is 5.73 Å². The van der Waals surface area contributed by atoms with E-state index >= 15 is 0 Å². The summed E-state index contributed by atoms with van der Waals surface area (Å²) in [4.78, 5) is 11.2. The van der Waals surface area contributed by atoms with E-state index < -0.39 is 6.04 Å². The van der Waals surface area contributed by atoms with Crippen LogP contribution >= 0.6 is 11.3 Å². The molecule has 0 aliphatic carbocycles. The van der Waals surface area contributed by atoms with E-state index in [0.717, 1.165) is 11.4 Å². The van der Waals surface area contributed by atoms with E-state index in [-0.39, 0.29) is 5.91 Å². The number of carbonyl (C=O) groups is 1. The van der Waals surface area contributed by atoms with Crippen LogP contribution in [-0.4, -0.2) is 22.1 Å². The smallest absolute Gasteiger partial charge is 0.242 e. The number of rotatable bonds is 4. The molecule has 0 aromatic carbocycles. The zero-order valence-corrected chi connectivity index (χ0v) is 9.97. The van der Waals surface area contributed by atoms with E-state index in [1.165, 1.54) is 11.3 Å². The maximum atomic E-state index is 11.2. The van der Waals surface area contributed by atoms with Crippen molar-refractivity contribution in [2.24, 2.45) is 11.7 Å². The van der Waals surface area contributed by atoms with Gasteiger partial charge in [0.1, 0.15) is 5.01 Å². The summed E-state index contributed by atoms with van der Waals surface area (Å²) in [5.41, 5.74) is 5.42. The van der Waals surface area contributed by atoms with Crippen LogP contribution in [0.15, 0.2) is 0 Å². The molecule has 0 unspecified atom stereocenters. The van der Waals surface area contributed by atoms with Crippen molar-refractivity contribution in [1.82, 2.24) is 10.2 Å². The molecule has 15 heavy (non-hydrogen) atoms. The summed E-state index contributed by atoms with van der Waals surface area (Å²) in [6.07, 6.45) is 0.881. The molecule has 0 radical (unpaired) electrons. The lowest BCUT2D eigenvalue weighted by molar-refractivity contribution is -0.117. The van der Waals surface area contributed by atoms with Crippen molar-refractivity contribution >= 4 is 22.4 Å². The van der Waals surface area contributed by atoms with Crippen LogP contribution in [0.4, 0.5) is 5.13 Å². The second-order valence-electron chi connectivity index (χ2n) is 3.88. The number of nitrogens with two attached hydrogens (primary N) is 1. The zero-order chi connectivity index (χ0) is 11.4. The topological polar surface area (TPSA) is 80.9 Å². The van der Waals surface area contributed by atoms with Gasteiger partial charge in [-0.25, -0.2) is 0 Å². The number of amides is 1. The highest BCUT2D eigenvalue weighted by Crippen LogP contribution is 2.18. The lowest BCUT2D eigenvalue weighted by Crippen LogP contribution is -2.32. The molecule has 0 spiro atoms. The van der Waals surface area contributed by atoms with E-state index in [9.17, 15) is 4.79 Å². The highest BCUT2D eigenvalue weighted by molar-refractivity contribution is 7.15. The molecule has 1 rings (SSSR count). The summed E-state index contributed by atoms with van der Waals surface area (Å²) in [7, 11) is 0. The van der Waals surface area contributed by atoms with Gasteiger partial charge in [-0.3, -0.25) is 10.1 Å². The fourth-order valence-corrected chi connectivity index (χ4v) is 1.91. The van der Waals surface area contributed by atoms with Crippen LogP contribution in [0.25, 0.3) is 0 Å². The van der Waals surface area contributed by atoms with Crippen molar-refractivity contribution in [2.45, 2.75) is 33.2 Å². The Morgan fingerprint density at radius 2 is 2.13 bits per heavy atom. The monoisotopic (exact) mass is 228 g/mol. The lowest BCUT2D eigenvalue weighted by Gasteiger charge is -2.02. The molecular weight excluding hydrogens is 212 g/mol. The average Bonchev–Trinajstić information content (AvgIpc) is 2.51. The first-order chi connectivity index (χ1) is 6.99. The van der Waals surface area contributed by atoms with Gasteiger partial charge in [0.05, 0.1) is 6.04 Å². The summed E-state index contributed by atoms with van der Waals surface area (Å²) in [5.74, 6) is 0.303. The fourth-order valence-electron chi connectivity index (χ4n) is 0.955. The van der Waals surface area contributed by atoms with Crippen molar-refractivity contribution in [3.05, 3.63) is 5.01 Å². The van der Waals surface area contributed by atoms with Gasteiger partial charge in [0.2, 0.25) is 11.0 Å². The minimum atomic E-state index is -0.526. The van der Waals surface area contributed by atoms with Gasteiger partial charge < -0.3 is 5.73 Å². The maximum absolute atomic E-state index is 11.2. The van der Waals surface area contributed by atoms with Gasteiger partial charge in [-0.1, -0.05) is 25.2 Å². The first-order valence-corrected chi connectivity index (χ1v) is 5.69. The van der Waals surface area contributed by atoms with Crippen LogP contribution in [-0.2, 0) is 11.2 Å². The fraction of sp³-hybridized carbons (Fsp3) is 0.667. The van der Waals surface area contributed by atoms with Crippen LogP contribution in [0.2, 0.25) is 0 Å². The van der Waals surface area contributed by atoms with Gasteiger partial charge in [-0.15, -0.1) is 10.2 Å². The van der Waals surface area contributed by atoms with Crippen molar-refractivity contribution in [3.8, 4) is 0 Å². The Morgan fingerprint density at radius 1 is 1.47 bits per heavy atom. The number of nitrogens with zero attached hydrogens (tertiary/aromatic N) is 2. The van der Waals surface area contributed by atoms with E-state index in [0.29, 0.717) is 11.0 Å². The Labute approximate surface area is 93.1 Å². The van der Waals surface area contributed by atoms with Crippen molar-refractivity contribution in [2.75, 3.05) is 5.32 Å². The van der Waals surface area contributed by atoms with Crippen molar-refractivity contribution in [3.63, 3.8) is 0 Å². The van der Waals surface area contributed by atoms with Crippen LogP contribution in [0.5, 0.6) is 0 Å². The quantitative estimate of drug-likeness (QED) is 0.806. The molecule has 0 aliphatic rings. The third-order valence-corrected chi connectivity index (χ3v) is 2.55. The Bertz CT molecular complexity index is 335. The largest absolute Gasteiger partial charge is 0.320 e. The normalized spacial score (nSPS) is 12.9. The molecule has 0 bridgehead atoms. The van der Waals surface area contributed by atoms with Gasteiger partial charge in [-0.2, -0.15) is 0 Å². The van der Waals surface area contributed by atoms with E-state index in [1.807, 2.05) is 0 Å². The van der Waals surface area contributed by atoms with Gasteiger partial charge in [-0.05, 0) is 12.8 Å². The number of hydrogen-bond donors (Lipinski definition) is 2. The summed E-state index contributed by atoms with van der Waals surface area (Å²) < 4.78 is 0. The molecule has 1 aromatic rings. The first kappa shape index (κ1) is 12.1. The molecule has 0 aliphatic heterocycles. The predicted molar refractivity (Wildman–Crippen MR) is 60.7 cm³/mol. The third-order valence-electron chi connectivity index (χ3n) is 1.69. The van der Waals surface area contributed by atoms with Crippen LogP contribution in [0.1, 0.15) is 25.8 Å². The number of hydrogen-bond acceptors (Lipinski definition) is 5. The van der Waals surface area contributed by atoms with Gasteiger partial charge in [0, 0.05) is 6.42 Å². The molecule has 1 heterocycles. The van der Waals surface area contributed by atoms with Crippen molar-refractivity contribution in [1.29, 1.82) is 0 Å². The Morgan fingerprint density at radius 3 is 2.67 bits per heavy atom. The Kier molecular flexibility index (Phi) is 4.16. The second kappa shape index (κ2) is 5.18. The lowest BCUT2D eigenvalue weighted by atomic mass is 10.1. The standard InChI is InChI=1S/C9H16N4OS/c1-5(2)4-7-12-13-9(15-7)11-8(14)6(3)10/h5-6H,4,10H2,1-3H3,(H,11,13,14)/t6-/m1/s1. The van der Waals surface area contributed by atoms with Gasteiger partial charge >= 0.3 is 0 Å². The van der Waals surface area contributed by atoms with Gasteiger partial charge in [0.25, 0.3) is 0 Å². The molecule has 84 valence electrons. The van der Waals surface area contributed by atoms with Crippen LogP contribution in [0.3, 0.4) is 0 Å². The molecule has 0 fully saturated rings. The molecule has 3 N–H and O–H groups in total. The highest BCUT2D eigenvalue weighted by atomic mass is 32.1. The summed E-state index contributed by atoms with van der Waals surface area (Å²) >= 11 is 1.40. The second-order valence-corrected chi connectivity index (χ2v) is 4.94. The average molecular weight is 228 g/mol. The zero-order valence-electron chi connectivity index (χ0n) is 9.15. The summed E-state index contributed by atoms with van der Waals surface area (Å²) in [6.45, 7) is 5.86. The van der Waals surface area contributed by atoms with Crippen molar-refractivity contribution < 1.29 is 4.79 Å². The SMILES string of the molecule is CC(C)Cc1nnc(NC(=O)[C@@H](C)N)s1. The van der Waals surface area contributed by atoms with Crippen LogP contribution in [0, 0.1) is 5.92 Å². The first-order valence-electron chi connectivity index (χ1n) is 4.88. The molecule has 1 aromatic heterocycles. The molecular formula is C9H16N4OS. The minimum absolute atomic E-state index is 0.234. The predicted octanol–water partition coefficient (Wildman–Crippen LogP) is 1.02. The number of carbonyl (C=O) groups excluding carboxylic acids is 1. The number of nitrogens with one attached hydrogen (secondary N) is 1. The minimum Gasteiger partial charge on any atom is -0.320 e. The third kappa shape index (κ3) is 3.93. The van der Waals surface area contributed by atoms with Crippen LogP contribution < -0.4 is 11.1 Å². The number of aromatic nitrogens is 2. The maximum Gasteiger partial charge on any atom is 0.242 e. The molecule has 5 nitrogen and oxygen atoms in total. The Balaban J connectivity index is 2.56. The number of anilines is 1. The summed E-state index contributed by atoms with van der Waals surface area (Å²) in [5, 5.41) is 11.9. The summed E-state index contributed by atoms with van der Waals surface area (Å²) in [6, 6.07) is -0.526. The van der Waals surface area contributed by atoms with Gasteiger partial charge in [0.15, 0.2) is 0 Å². The molecule has 1 atom stereocenters. The molecule has 6 heteroatoms. The Hall–Kier alpha value is -1.01. The van der Waals surface area contributed by atoms with E-state index in [2.05, 4.69) is 29.4 Å².